The standard InChI is InChI=1S/C17H24N2O6/c1-10(2)19-16(21)11(3)25-15(20)9-18-17(22)12-6-7-13(23-4)14(8-12)24-5/h6-8,10-11H,9H2,1-5H3,(H,18,22)(H,19,21). The molecule has 0 spiro atoms. The van der Waals surface area contributed by atoms with Crippen LogP contribution in [0.15, 0.2) is 18.2 Å². The Morgan fingerprint density at radius 1 is 1.04 bits per heavy atom. The third kappa shape index (κ3) is 6.33. The minimum Gasteiger partial charge on any atom is -0.493 e. The van der Waals surface area contributed by atoms with Gasteiger partial charge in [0.2, 0.25) is 0 Å². The van der Waals surface area contributed by atoms with Crippen LogP contribution in [0.25, 0.3) is 0 Å². The zero-order valence-corrected chi connectivity index (χ0v) is 15.0. The summed E-state index contributed by atoms with van der Waals surface area (Å²) in [6, 6.07) is 4.57. The van der Waals surface area contributed by atoms with Crippen molar-refractivity contribution in [1.29, 1.82) is 0 Å². The molecule has 0 bridgehead atoms. The number of nitrogens with one attached hydrogen (secondary N) is 2. The summed E-state index contributed by atoms with van der Waals surface area (Å²) in [5.74, 6) is -0.688. The second kappa shape index (κ2) is 9.51. The van der Waals surface area contributed by atoms with Crippen molar-refractivity contribution in [3.05, 3.63) is 23.8 Å². The van der Waals surface area contributed by atoms with Crippen LogP contribution in [0.5, 0.6) is 11.5 Å². The fourth-order valence-electron chi connectivity index (χ4n) is 1.93. The molecule has 1 atom stereocenters. The van der Waals surface area contributed by atoms with Gasteiger partial charge in [0.15, 0.2) is 17.6 Å². The molecule has 8 heteroatoms. The number of amides is 2. The molecule has 2 N–H and O–H groups in total. The van der Waals surface area contributed by atoms with Crippen LogP contribution in [-0.2, 0) is 14.3 Å². The molecule has 1 aromatic rings. The molecule has 138 valence electrons. The molecular weight excluding hydrogens is 328 g/mol. The van der Waals surface area contributed by atoms with Gasteiger partial charge in [-0.3, -0.25) is 14.4 Å². The van der Waals surface area contributed by atoms with Crippen LogP contribution in [0.3, 0.4) is 0 Å². The molecule has 0 fully saturated rings. The van der Waals surface area contributed by atoms with E-state index in [2.05, 4.69) is 10.6 Å². The Kier molecular flexibility index (Phi) is 7.71. The summed E-state index contributed by atoms with van der Waals surface area (Å²) < 4.78 is 15.2. The molecule has 2 amide bonds. The minimum absolute atomic E-state index is 0.0570. The van der Waals surface area contributed by atoms with Gasteiger partial charge in [0.25, 0.3) is 11.8 Å². The Morgan fingerprint density at radius 2 is 1.68 bits per heavy atom. The van der Waals surface area contributed by atoms with E-state index in [0.29, 0.717) is 17.1 Å². The van der Waals surface area contributed by atoms with Crippen molar-refractivity contribution < 1.29 is 28.6 Å². The topological polar surface area (TPSA) is 103 Å². The zero-order chi connectivity index (χ0) is 19.0. The van der Waals surface area contributed by atoms with Gasteiger partial charge in [-0.1, -0.05) is 0 Å². The van der Waals surface area contributed by atoms with Crippen molar-refractivity contribution in [2.75, 3.05) is 20.8 Å². The van der Waals surface area contributed by atoms with E-state index in [-0.39, 0.29) is 12.6 Å². The fourth-order valence-corrected chi connectivity index (χ4v) is 1.93. The highest BCUT2D eigenvalue weighted by Gasteiger charge is 2.19. The Morgan fingerprint density at radius 3 is 2.24 bits per heavy atom. The van der Waals surface area contributed by atoms with Crippen molar-refractivity contribution >= 4 is 17.8 Å². The number of ether oxygens (including phenoxy) is 3. The summed E-state index contributed by atoms with van der Waals surface area (Å²) in [5, 5.41) is 5.06. The largest absolute Gasteiger partial charge is 0.493 e. The summed E-state index contributed by atoms with van der Waals surface area (Å²) in [5.41, 5.74) is 0.302. The quantitative estimate of drug-likeness (QED) is 0.674. The van der Waals surface area contributed by atoms with Gasteiger partial charge in [0.05, 0.1) is 14.2 Å². The minimum atomic E-state index is -0.937. The summed E-state index contributed by atoms with van der Waals surface area (Å²) in [6.07, 6.45) is -0.937. The number of hydrogen-bond acceptors (Lipinski definition) is 6. The van der Waals surface area contributed by atoms with Crippen LogP contribution in [-0.4, -0.2) is 50.7 Å². The molecule has 0 aliphatic heterocycles. The smallest absolute Gasteiger partial charge is 0.326 e. The van der Waals surface area contributed by atoms with Crippen LogP contribution in [0.2, 0.25) is 0 Å². The molecule has 1 unspecified atom stereocenters. The van der Waals surface area contributed by atoms with Gasteiger partial charge in [-0.2, -0.15) is 0 Å². The van der Waals surface area contributed by atoms with E-state index in [1.165, 1.54) is 27.2 Å². The molecule has 1 aromatic carbocycles. The zero-order valence-electron chi connectivity index (χ0n) is 15.0. The van der Waals surface area contributed by atoms with E-state index in [1.54, 1.807) is 26.0 Å². The van der Waals surface area contributed by atoms with Gasteiger partial charge in [0.1, 0.15) is 6.54 Å². The van der Waals surface area contributed by atoms with Gasteiger partial charge in [0, 0.05) is 11.6 Å². The maximum Gasteiger partial charge on any atom is 0.326 e. The maximum absolute atomic E-state index is 12.1. The summed E-state index contributed by atoms with van der Waals surface area (Å²) in [4.78, 5) is 35.5. The number of carbonyl (C=O) groups excluding carboxylic acids is 3. The first-order chi connectivity index (χ1) is 11.8. The van der Waals surface area contributed by atoms with Gasteiger partial charge in [-0.05, 0) is 39.0 Å². The highest BCUT2D eigenvalue weighted by Crippen LogP contribution is 2.27. The highest BCUT2D eigenvalue weighted by molar-refractivity contribution is 5.96. The molecular formula is C17H24N2O6. The molecule has 0 saturated carbocycles. The van der Waals surface area contributed by atoms with Crippen molar-refractivity contribution in [1.82, 2.24) is 10.6 Å². The molecule has 0 aromatic heterocycles. The molecule has 0 aliphatic rings. The molecule has 0 aliphatic carbocycles. The lowest BCUT2D eigenvalue weighted by Gasteiger charge is -2.15. The number of benzene rings is 1. The van der Waals surface area contributed by atoms with Gasteiger partial charge in [-0.15, -0.1) is 0 Å². The maximum atomic E-state index is 12.1. The van der Waals surface area contributed by atoms with Crippen LogP contribution in [0.4, 0.5) is 0 Å². The highest BCUT2D eigenvalue weighted by atomic mass is 16.5. The number of methoxy groups -OCH3 is 2. The summed E-state index contributed by atoms with van der Waals surface area (Å²) in [6.45, 7) is 4.71. The third-order valence-corrected chi connectivity index (χ3v) is 3.15. The summed E-state index contributed by atoms with van der Waals surface area (Å²) in [7, 11) is 2.95. The normalized spacial score (nSPS) is 11.4. The Labute approximate surface area is 146 Å². The SMILES string of the molecule is COc1ccc(C(=O)NCC(=O)OC(C)C(=O)NC(C)C)cc1OC. The van der Waals surface area contributed by atoms with Crippen molar-refractivity contribution in [2.24, 2.45) is 0 Å². The number of hydrogen-bond donors (Lipinski definition) is 2. The Balaban J connectivity index is 2.56. The summed E-state index contributed by atoms with van der Waals surface area (Å²) >= 11 is 0. The third-order valence-electron chi connectivity index (χ3n) is 3.15. The molecule has 8 nitrogen and oxygen atoms in total. The second-order valence-corrected chi connectivity index (χ2v) is 5.55. The number of esters is 1. The molecule has 0 radical (unpaired) electrons. The van der Waals surface area contributed by atoms with Crippen molar-refractivity contribution in [3.8, 4) is 11.5 Å². The Bertz CT molecular complexity index is 630. The average molecular weight is 352 g/mol. The fraction of sp³-hybridized carbons (Fsp3) is 0.471. The predicted molar refractivity (Wildman–Crippen MR) is 90.7 cm³/mol. The Hall–Kier alpha value is -2.77. The first kappa shape index (κ1) is 20.3. The lowest BCUT2D eigenvalue weighted by Crippen LogP contribution is -2.41. The van der Waals surface area contributed by atoms with E-state index in [0.717, 1.165) is 0 Å². The van der Waals surface area contributed by atoms with E-state index in [4.69, 9.17) is 14.2 Å². The van der Waals surface area contributed by atoms with Crippen LogP contribution < -0.4 is 20.1 Å². The molecule has 0 saturated heterocycles. The van der Waals surface area contributed by atoms with E-state index < -0.39 is 23.9 Å². The lowest BCUT2D eigenvalue weighted by molar-refractivity contribution is -0.153. The first-order valence-corrected chi connectivity index (χ1v) is 7.78. The van der Waals surface area contributed by atoms with Crippen LogP contribution >= 0.6 is 0 Å². The van der Waals surface area contributed by atoms with E-state index >= 15 is 0 Å². The second-order valence-electron chi connectivity index (χ2n) is 5.55. The number of rotatable bonds is 8. The van der Waals surface area contributed by atoms with Gasteiger partial charge < -0.3 is 24.8 Å². The van der Waals surface area contributed by atoms with Gasteiger partial charge in [-0.25, -0.2) is 0 Å². The van der Waals surface area contributed by atoms with Crippen molar-refractivity contribution in [2.45, 2.75) is 32.9 Å². The first-order valence-electron chi connectivity index (χ1n) is 7.78. The van der Waals surface area contributed by atoms with E-state index in [1.807, 2.05) is 0 Å². The van der Waals surface area contributed by atoms with Crippen molar-refractivity contribution in [3.63, 3.8) is 0 Å². The van der Waals surface area contributed by atoms with Crippen LogP contribution in [0.1, 0.15) is 31.1 Å². The predicted octanol–water partition coefficient (Wildman–Crippen LogP) is 0.890. The number of carbonyl (C=O) groups is 3. The van der Waals surface area contributed by atoms with Gasteiger partial charge >= 0.3 is 5.97 Å². The van der Waals surface area contributed by atoms with E-state index in [9.17, 15) is 14.4 Å². The average Bonchev–Trinajstić information content (AvgIpc) is 2.58. The van der Waals surface area contributed by atoms with Crippen LogP contribution in [0, 0.1) is 0 Å². The monoisotopic (exact) mass is 352 g/mol. The molecule has 0 heterocycles. The molecule has 1 rings (SSSR count). The molecule has 25 heavy (non-hydrogen) atoms. The lowest BCUT2D eigenvalue weighted by atomic mass is 10.2.